The number of anilines is 2. The zero-order chi connectivity index (χ0) is 15.2. The Morgan fingerprint density at radius 1 is 1.19 bits per heavy atom. The molecule has 0 bridgehead atoms. The summed E-state index contributed by atoms with van der Waals surface area (Å²) in [7, 11) is 0. The van der Waals surface area contributed by atoms with Gasteiger partial charge >= 0.3 is 0 Å². The molecular formula is C17H19N3O. The fourth-order valence-corrected chi connectivity index (χ4v) is 2.07. The second-order valence-corrected chi connectivity index (χ2v) is 4.93. The van der Waals surface area contributed by atoms with E-state index in [-0.39, 0.29) is 5.91 Å². The Morgan fingerprint density at radius 3 is 2.48 bits per heavy atom. The summed E-state index contributed by atoms with van der Waals surface area (Å²) in [5.74, 6) is -0.201. The number of hydrogen-bond donors (Lipinski definition) is 2. The van der Waals surface area contributed by atoms with E-state index < -0.39 is 0 Å². The van der Waals surface area contributed by atoms with Gasteiger partial charge in [0.2, 0.25) is 0 Å². The lowest BCUT2D eigenvalue weighted by Crippen LogP contribution is -2.24. The minimum Gasteiger partial charge on any atom is -0.354 e. The van der Waals surface area contributed by atoms with E-state index in [2.05, 4.69) is 54.2 Å². The molecule has 0 fully saturated rings. The van der Waals surface area contributed by atoms with Crippen molar-refractivity contribution in [3.8, 4) is 0 Å². The van der Waals surface area contributed by atoms with Gasteiger partial charge in [0, 0.05) is 12.2 Å². The predicted octanol–water partition coefficient (Wildman–Crippen LogP) is 3.36. The molecule has 2 rings (SSSR count). The van der Waals surface area contributed by atoms with Crippen molar-refractivity contribution in [3.05, 3.63) is 66.0 Å². The van der Waals surface area contributed by atoms with E-state index in [0.29, 0.717) is 12.2 Å². The molecule has 1 aromatic heterocycles. The van der Waals surface area contributed by atoms with Crippen LogP contribution >= 0.6 is 0 Å². The molecule has 1 amide bonds. The summed E-state index contributed by atoms with van der Waals surface area (Å²) in [5, 5.41) is 5.98. The number of carbonyl (C=O) groups is 1. The topological polar surface area (TPSA) is 54.0 Å². The highest BCUT2D eigenvalue weighted by Gasteiger charge is 2.05. The second kappa shape index (κ2) is 6.70. The van der Waals surface area contributed by atoms with E-state index in [1.54, 1.807) is 18.3 Å². The van der Waals surface area contributed by atoms with Crippen LogP contribution in [0.1, 0.15) is 21.6 Å². The molecule has 108 valence electrons. The zero-order valence-electron chi connectivity index (χ0n) is 12.3. The molecular weight excluding hydrogens is 262 g/mol. The molecule has 2 aromatic rings. The summed E-state index contributed by atoms with van der Waals surface area (Å²) in [4.78, 5) is 15.9. The highest BCUT2D eigenvalue weighted by atomic mass is 16.1. The van der Waals surface area contributed by atoms with Crippen molar-refractivity contribution in [2.75, 3.05) is 11.9 Å². The summed E-state index contributed by atoms with van der Waals surface area (Å²) in [6, 6.07) is 9.79. The molecule has 1 heterocycles. The van der Waals surface area contributed by atoms with Gasteiger partial charge in [-0.15, -0.1) is 6.58 Å². The van der Waals surface area contributed by atoms with Crippen molar-refractivity contribution >= 4 is 17.3 Å². The Hall–Kier alpha value is -2.62. The average Bonchev–Trinajstić information content (AvgIpc) is 2.44. The number of benzene rings is 1. The van der Waals surface area contributed by atoms with Crippen LogP contribution in [0.2, 0.25) is 0 Å². The predicted molar refractivity (Wildman–Crippen MR) is 86.0 cm³/mol. The lowest BCUT2D eigenvalue weighted by atomic mass is 10.1. The van der Waals surface area contributed by atoms with Gasteiger partial charge in [0.25, 0.3) is 5.91 Å². The van der Waals surface area contributed by atoms with Crippen LogP contribution in [0.25, 0.3) is 0 Å². The van der Waals surface area contributed by atoms with Crippen molar-refractivity contribution in [2.24, 2.45) is 0 Å². The summed E-state index contributed by atoms with van der Waals surface area (Å²) >= 11 is 0. The first-order valence-electron chi connectivity index (χ1n) is 6.79. The molecule has 4 nitrogen and oxygen atoms in total. The average molecular weight is 281 g/mol. The van der Waals surface area contributed by atoms with Crippen molar-refractivity contribution < 1.29 is 4.79 Å². The molecule has 4 heteroatoms. The van der Waals surface area contributed by atoms with Crippen LogP contribution in [-0.4, -0.2) is 17.4 Å². The molecule has 1 aromatic carbocycles. The van der Waals surface area contributed by atoms with E-state index in [9.17, 15) is 4.79 Å². The molecule has 2 N–H and O–H groups in total. The van der Waals surface area contributed by atoms with Gasteiger partial charge in [-0.25, -0.2) is 4.98 Å². The molecule has 0 radical (unpaired) electrons. The fourth-order valence-electron chi connectivity index (χ4n) is 2.07. The maximum absolute atomic E-state index is 11.7. The molecule has 0 aliphatic carbocycles. The third-order valence-electron chi connectivity index (χ3n) is 2.91. The number of aryl methyl sites for hydroxylation is 2. The summed E-state index contributed by atoms with van der Waals surface area (Å²) in [6.07, 6.45) is 3.29. The summed E-state index contributed by atoms with van der Waals surface area (Å²) < 4.78 is 0. The van der Waals surface area contributed by atoms with Crippen LogP contribution in [0.3, 0.4) is 0 Å². The van der Waals surface area contributed by atoms with E-state index in [1.807, 2.05) is 6.07 Å². The number of carbonyl (C=O) groups excluding carboxylic acids is 1. The van der Waals surface area contributed by atoms with Gasteiger partial charge in [0.1, 0.15) is 5.69 Å². The number of hydrogen-bond acceptors (Lipinski definition) is 3. The number of aromatic nitrogens is 1. The molecule has 0 unspecified atom stereocenters. The highest BCUT2D eigenvalue weighted by Crippen LogP contribution is 2.19. The van der Waals surface area contributed by atoms with Gasteiger partial charge in [0.15, 0.2) is 0 Å². The van der Waals surface area contributed by atoms with Gasteiger partial charge in [-0.05, 0) is 49.2 Å². The van der Waals surface area contributed by atoms with Gasteiger partial charge in [-0.3, -0.25) is 4.79 Å². The normalized spacial score (nSPS) is 10.0. The number of pyridine rings is 1. The number of nitrogens with one attached hydrogen (secondary N) is 2. The standard InChI is InChI=1S/C17H19N3O/c1-4-7-18-17(21)16-6-5-14(11-19-16)20-15-9-12(2)8-13(3)10-15/h4-6,8-11,20H,1,7H2,2-3H3,(H,18,21). The van der Waals surface area contributed by atoms with Crippen molar-refractivity contribution in [2.45, 2.75) is 13.8 Å². The number of rotatable bonds is 5. The van der Waals surface area contributed by atoms with Crippen molar-refractivity contribution in [1.82, 2.24) is 10.3 Å². The molecule has 0 aliphatic heterocycles. The largest absolute Gasteiger partial charge is 0.354 e. The maximum atomic E-state index is 11.7. The monoisotopic (exact) mass is 281 g/mol. The second-order valence-electron chi connectivity index (χ2n) is 4.93. The Labute approximate surface area is 124 Å². The first-order chi connectivity index (χ1) is 10.1. The molecule has 0 spiro atoms. The van der Waals surface area contributed by atoms with Crippen LogP contribution in [0.15, 0.2) is 49.2 Å². The van der Waals surface area contributed by atoms with Crippen molar-refractivity contribution in [1.29, 1.82) is 0 Å². The first-order valence-corrected chi connectivity index (χ1v) is 6.79. The maximum Gasteiger partial charge on any atom is 0.270 e. The Morgan fingerprint density at radius 2 is 1.90 bits per heavy atom. The minimum absolute atomic E-state index is 0.201. The molecule has 0 saturated carbocycles. The van der Waals surface area contributed by atoms with E-state index in [0.717, 1.165) is 11.4 Å². The molecule has 0 aliphatic rings. The van der Waals surface area contributed by atoms with Crippen LogP contribution in [-0.2, 0) is 0 Å². The van der Waals surface area contributed by atoms with Crippen LogP contribution in [0.5, 0.6) is 0 Å². The van der Waals surface area contributed by atoms with E-state index in [1.165, 1.54) is 11.1 Å². The van der Waals surface area contributed by atoms with Gasteiger partial charge in [-0.1, -0.05) is 12.1 Å². The van der Waals surface area contributed by atoms with E-state index in [4.69, 9.17) is 0 Å². The molecule has 0 saturated heterocycles. The van der Waals surface area contributed by atoms with Gasteiger partial charge in [0.05, 0.1) is 11.9 Å². The highest BCUT2D eigenvalue weighted by molar-refractivity contribution is 5.92. The summed E-state index contributed by atoms with van der Waals surface area (Å²) in [5.41, 5.74) is 4.65. The number of amides is 1. The van der Waals surface area contributed by atoms with Crippen LogP contribution < -0.4 is 10.6 Å². The third kappa shape index (κ3) is 4.18. The lowest BCUT2D eigenvalue weighted by molar-refractivity contribution is 0.0953. The smallest absolute Gasteiger partial charge is 0.270 e. The van der Waals surface area contributed by atoms with Gasteiger partial charge < -0.3 is 10.6 Å². The number of nitrogens with zero attached hydrogens (tertiary/aromatic N) is 1. The van der Waals surface area contributed by atoms with Crippen LogP contribution in [0, 0.1) is 13.8 Å². The Kier molecular flexibility index (Phi) is 4.72. The molecule has 21 heavy (non-hydrogen) atoms. The quantitative estimate of drug-likeness (QED) is 0.826. The fraction of sp³-hybridized carbons (Fsp3) is 0.176. The van der Waals surface area contributed by atoms with Crippen molar-refractivity contribution in [3.63, 3.8) is 0 Å². The minimum atomic E-state index is -0.201. The third-order valence-corrected chi connectivity index (χ3v) is 2.91. The van der Waals surface area contributed by atoms with Gasteiger partial charge in [-0.2, -0.15) is 0 Å². The first kappa shape index (κ1) is 14.8. The SMILES string of the molecule is C=CCNC(=O)c1ccc(Nc2cc(C)cc(C)c2)cn1. The lowest BCUT2D eigenvalue weighted by Gasteiger charge is -2.09. The van der Waals surface area contributed by atoms with E-state index >= 15 is 0 Å². The van der Waals surface area contributed by atoms with Crippen LogP contribution in [0.4, 0.5) is 11.4 Å². The Balaban J connectivity index is 2.08. The summed E-state index contributed by atoms with van der Waals surface area (Å²) in [6.45, 7) is 8.11. The Bertz CT molecular complexity index is 627. The molecule has 0 atom stereocenters. The zero-order valence-corrected chi connectivity index (χ0v) is 12.3.